The summed E-state index contributed by atoms with van der Waals surface area (Å²) in [5, 5.41) is 9.00. The maximum Gasteiger partial charge on any atom is 0.191 e. The molecule has 1 aromatic heterocycles. The summed E-state index contributed by atoms with van der Waals surface area (Å²) in [6.45, 7) is 8.63. The lowest BCUT2D eigenvalue weighted by atomic mass is 10.1. The minimum atomic E-state index is 0.463. The third kappa shape index (κ3) is 4.21. The molecule has 1 aliphatic heterocycles. The molecule has 1 unspecified atom stereocenters. The number of guanidine groups is 1. The molecule has 0 aliphatic carbocycles. The quantitative estimate of drug-likeness (QED) is 0.645. The van der Waals surface area contributed by atoms with Crippen molar-refractivity contribution in [3.8, 4) is 0 Å². The molecule has 0 spiro atoms. The molecule has 0 bridgehead atoms. The first kappa shape index (κ1) is 15.3. The van der Waals surface area contributed by atoms with Gasteiger partial charge in [-0.15, -0.1) is 11.3 Å². The highest BCUT2D eigenvalue weighted by atomic mass is 32.1. The number of hydrogen-bond acceptors (Lipinski definition) is 3. The smallest absolute Gasteiger partial charge is 0.191 e. The SMILES string of the molecule is CCC(C)NC(=NC)NCCN1CCc2sccc2C1. The first-order valence-electron chi connectivity index (χ1n) is 7.47. The molecule has 1 aromatic rings. The summed E-state index contributed by atoms with van der Waals surface area (Å²) < 4.78 is 0. The average Bonchev–Trinajstić information content (AvgIpc) is 2.93. The van der Waals surface area contributed by atoms with Crippen LogP contribution < -0.4 is 10.6 Å². The maximum atomic E-state index is 4.26. The van der Waals surface area contributed by atoms with Gasteiger partial charge in [0.05, 0.1) is 0 Å². The van der Waals surface area contributed by atoms with Crippen molar-refractivity contribution in [2.75, 3.05) is 26.7 Å². The second kappa shape index (κ2) is 7.64. The second-order valence-electron chi connectivity index (χ2n) is 5.35. The Morgan fingerprint density at radius 2 is 2.40 bits per heavy atom. The Morgan fingerprint density at radius 3 is 3.15 bits per heavy atom. The van der Waals surface area contributed by atoms with Crippen molar-refractivity contribution in [2.24, 2.45) is 4.99 Å². The summed E-state index contributed by atoms with van der Waals surface area (Å²) in [6.07, 6.45) is 2.31. The van der Waals surface area contributed by atoms with E-state index in [1.807, 2.05) is 18.4 Å². The standard InChI is InChI=1S/C15H26N4S/c1-4-12(2)18-15(16-3)17-7-9-19-8-5-14-13(11-19)6-10-20-14/h6,10,12H,4-5,7-9,11H2,1-3H3,(H2,16,17,18). The van der Waals surface area contributed by atoms with Gasteiger partial charge in [-0.3, -0.25) is 9.89 Å². The van der Waals surface area contributed by atoms with E-state index in [9.17, 15) is 0 Å². The number of fused-ring (bicyclic) bond motifs is 1. The zero-order chi connectivity index (χ0) is 14.4. The van der Waals surface area contributed by atoms with Gasteiger partial charge in [0.2, 0.25) is 0 Å². The lowest BCUT2D eigenvalue weighted by Gasteiger charge is -2.27. The molecule has 0 aromatic carbocycles. The molecule has 5 heteroatoms. The Kier molecular flexibility index (Phi) is 5.86. The predicted molar refractivity (Wildman–Crippen MR) is 87.6 cm³/mol. The highest BCUT2D eigenvalue weighted by molar-refractivity contribution is 7.10. The number of aliphatic imine (C=N–C) groups is 1. The molecule has 2 rings (SSSR count). The van der Waals surface area contributed by atoms with Gasteiger partial charge in [0.15, 0.2) is 5.96 Å². The molecule has 4 nitrogen and oxygen atoms in total. The summed E-state index contributed by atoms with van der Waals surface area (Å²) >= 11 is 1.90. The normalized spacial score (nSPS) is 17.6. The Balaban J connectivity index is 1.71. The fraction of sp³-hybridized carbons (Fsp3) is 0.667. The zero-order valence-electron chi connectivity index (χ0n) is 12.8. The van der Waals surface area contributed by atoms with Crippen LogP contribution in [0.2, 0.25) is 0 Å². The molecule has 2 heterocycles. The van der Waals surface area contributed by atoms with Gasteiger partial charge in [-0.25, -0.2) is 0 Å². The monoisotopic (exact) mass is 294 g/mol. The van der Waals surface area contributed by atoms with Gasteiger partial charge in [-0.2, -0.15) is 0 Å². The highest BCUT2D eigenvalue weighted by Crippen LogP contribution is 2.23. The van der Waals surface area contributed by atoms with Crippen molar-refractivity contribution in [3.63, 3.8) is 0 Å². The molecule has 0 amide bonds. The largest absolute Gasteiger partial charge is 0.355 e. The van der Waals surface area contributed by atoms with Gasteiger partial charge < -0.3 is 10.6 Å². The summed E-state index contributed by atoms with van der Waals surface area (Å²) in [5.74, 6) is 0.910. The minimum absolute atomic E-state index is 0.463. The van der Waals surface area contributed by atoms with Crippen LogP contribution in [0.3, 0.4) is 0 Å². The maximum absolute atomic E-state index is 4.26. The van der Waals surface area contributed by atoms with Gasteiger partial charge in [0.1, 0.15) is 0 Å². The van der Waals surface area contributed by atoms with Gasteiger partial charge >= 0.3 is 0 Å². The van der Waals surface area contributed by atoms with E-state index in [1.54, 1.807) is 4.88 Å². The number of nitrogens with one attached hydrogen (secondary N) is 2. The Hall–Kier alpha value is -1.07. The summed E-state index contributed by atoms with van der Waals surface area (Å²) in [5.41, 5.74) is 1.52. The van der Waals surface area contributed by atoms with Crippen molar-refractivity contribution in [1.82, 2.24) is 15.5 Å². The van der Waals surface area contributed by atoms with Gasteiger partial charge in [-0.05, 0) is 36.8 Å². The summed E-state index contributed by atoms with van der Waals surface area (Å²) in [7, 11) is 1.83. The first-order chi connectivity index (χ1) is 9.72. The van der Waals surface area contributed by atoms with E-state index in [2.05, 4.69) is 45.8 Å². The lowest BCUT2D eigenvalue weighted by Crippen LogP contribution is -2.45. The van der Waals surface area contributed by atoms with Gasteiger partial charge in [0, 0.05) is 44.1 Å². The molecule has 0 fully saturated rings. The van der Waals surface area contributed by atoms with E-state index in [0.29, 0.717) is 6.04 Å². The fourth-order valence-electron chi connectivity index (χ4n) is 2.36. The number of hydrogen-bond donors (Lipinski definition) is 2. The third-order valence-corrected chi connectivity index (χ3v) is 4.85. The lowest BCUT2D eigenvalue weighted by molar-refractivity contribution is 0.260. The van der Waals surface area contributed by atoms with E-state index < -0.39 is 0 Å². The molecule has 0 saturated heterocycles. The molecule has 1 atom stereocenters. The number of rotatable bonds is 5. The Labute approximate surface area is 126 Å². The third-order valence-electron chi connectivity index (χ3n) is 3.83. The minimum Gasteiger partial charge on any atom is -0.355 e. The van der Waals surface area contributed by atoms with Crippen molar-refractivity contribution in [1.29, 1.82) is 0 Å². The molecule has 0 radical (unpaired) electrons. The van der Waals surface area contributed by atoms with Crippen LogP contribution in [0.5, 0.6) is 0 Å². The number of thiophene rings is 1. The topological polar surface area (TPSA) is 39.7 Å². The molecule has 20 heavy (non-hydrogen) atoms. The van der Waals surface area contributed by atoms with Crippen molar-refractivity contribution >= 4 is 17.3 Å². The van der Waals surface area contributed by atoms with Crippen LogP contribution >= 0.6 is 11.3 Å². The summed E-state index contributed by atoms with van der Waals surface area (Å²) in [4.78, 5) is 8.35. The Bertz CT molecular complexity index is 441. The van der Waals surface area contributed by atoms with Crippen molar-refractivity contribution in [2.45, 2.75) is 39.3 Å². The Morgan fingerprint density at radius 1 is 1.55 bits per heavy atom. The van der Waals surface area contributed by atoms with E-state index in [4.69, 9.17) is 0 Å². The molecule has 112 valence electrons. The van der Waals surface area contributed by atoms with Crippen LogP contribution in [-0.4, -0.2) is 43.6 Å². The van der Waals surface area contributed by atoms with Crippen LogP contribution in [-0.2, 0) is 13.0 Å². The molecular weight excluding hydrogens is 268 g/mol. The van der Waals surface area contributed by atoms with Gasteiger partial charge in [-0.1, -0.05) is 6.92 Å². The van der Waals surface area contributed by atoms with Crippen molar-refractivity contribution < 1.29 is 0 Å². The first-order valence-corrected chi connectivity index (χ1v) is 8.35. The summed E-state index contributed by atoms with van der Waals surface area (Å²) in [6, 6.07) is 2.73. The van der Waals surface area contributed by atoms with Crippen molar-refractivity contribution in [3.05, 3.63) is 21.9 Å². The van der Waals surface area contributed by atoms with E-state index in [0.717, 1.165) is 32.0 Å². The molecular formula is C15H26N4S. The van der Waals surface area contributed by atoms with E-state index in [-0.39, 0.29) is 0 Å². The number of nitrogens with zero attached hydrogens (tertiary/aromatic N) is 2. The van der Waals surface area contributed by atoms with Crippen LogP contribution in [0.1, 0.15) is 30.7 Å². The van der Waals surface area contributed by atoms with Crippen LogP contribution in [0.25, 0.3) is 0 Å². The highest BCUT2D eigenvalue weighted by Gasteiger charge is 2.16. The zero-order valence-corrected chi connectivity index (χ0v) is 13.6. The van der Waals surface area contributed by atoms with E-state index >= 15 is 0 Å². The second-order valence-corrected chi connectivity index (χ2v) is 6.35. The van der Waals surface area contributed by atoms with Crippen LogP contribution in [0, 0.1) is 0 Å². The molecule has 1 aliphatic rings. The van der Waals surface area contributed by atoms with Crippen LogP contribution in [0.4, 0.5) is 0 Å². The van der Waals surface area contributed by atoms with Crippen LogP contribution in [0.15, 0.2) is 16.4 Å². The molecule has 0 saturated carbocycles. The van der Waals surface area contributed by atoms with Gasteiger partial charge in [0.25, 0.3) is 0 Å². The fourth-order valence-corrected chi connectivity index (χ4v) is 3.25. The van der Waals surface area contributed by atoms with E-state index in [1.165, 1.54) is 18.5 Å². The molecule has 2 N–H and O–H groups in total. The predicted octanol–water partition coefficient (Wildman–Crippen LogP) is 2.07. The average molecular weight is 294 g/mol.